The van der Waals surface area contributed by atoms with Crippen molar-refractivity contribution in [2.75, 3.05) is 60.0 Å². The van der Waals surface area contributed by atoms with Crippen LogP contribution in [0.3, 0.4) is 0 Å². The summed E-state index contributed by atoms with van der Waals surface area (Å²) < 4.78 is 5.67. The molecule has 5 nitrogen and oxygen atoms in total. The van der Waals surface area contributed by atoms with Gasteiger partial charge in [-0.1, -0.05) is 0 Å². The minimum atomic E-state index is -0.0258. The van der Waals surface area contributed by atoms with Crippen LogP contribution in [0.25, 0.3) is 0 Å². The van der Waals surface area contributed by atoms with E-state index in [1.807, 2.05) is 0 Å². The Morgan fingerprint density at radius 1 is 1.06 bits per heavy atom. The lowest BCUT2D eigenvalue weighted by molar-refractivity contribution is 0.00917. The van der Waals surface area contributed by atoms with Gasteiger partial charge in [-0.3, -0.25) is 5.41 Å². The average molecular weight is 226 g/mol. The maximum Gasteiger partial charge on any atom is 0.127 e. The molecule has 2 heterocycles. The Balaban J connectivity index is 1.86. The van der Waals surface area contributed by atoms with Crippen molar-refractivity contribution in [1.29, 1.82) is 5.41 Å². The van der Waals surface area contributed by atoms with Crippen LogP contribution < -0.4 is 0 Å². The fourth-order valence-electron chi connectivity index (χ4n) is 2.19. The molecule has 2 aliphatic rings. The second-order valence-corrected chi connectivity index (χ2v) is 4.80. The van der Waals surface area contributed by atoms with Crippen molar-refractivity contribution in [2.45, 2.75) is 6.10 Å². The van der Waals surface area contributed by atoms with E-state index in [0.29, 0.717) is 5.84 Å². The van der Waals surface area contributed by atoms with E-state index in [1.165, 1.54) is 0 Å². The maximum atomic E-state index is 8.19. The van der Waals surface area contributed by atoms with E-state index < -0.39 is 0 Å². The predicted molar refractivity (Wildman–Crippen MR) is 64.0 cm³/mol. The fraction of sp³-hybridized carbons (Fsp3) is 0.909. The zero-order chi connectivity index (χ0) is 11.5. The zero-order valence-corrected chi connectivity index (χ0v) is 10.3. The van der Waals surface area contributed by atoms with Gasteiger partial charge in [0.1, 0.15) is 11.9 Å². The van der Waals surface area contributed by atoms with Crippen LogP contribution in [0.5, 0.6) is 0 Å². The Labute approximate surface area is 97.5 Å². The molecule has 0 saturated carbocycles. The van der Waals surface area contributed by atoms with Crippen molar-refractivity contribution in [3.63, 3.8) is 0 Å². The van der Waals surface area contributed by atoms with Gasteiger partial charge < -0.3 is 19.4 Å². The first-order chi connectivity index (χ1) is 7.66. The number of likely N-dealkylation sites (N-methyl/N-ethyl adjacent to an activating group) is 2. The molecule has 2 rings (SSSR count). The van der Waals surface area contributed by atoms with Gasteiger partial charge in [-0.2, -0.15) is 0 Å². The van der Waals surface area contributed by atoms with Gasteiger partial charge in [0.05, 0.1) is 6.61 Å². The largest absolute Gasteiger partial charge is 0.368 e. The fourth-order valence-corrected chi connectivity index (χ4v) is 2.19. The van der Waals surface area contributed by atoms with Gasteiger partial charge in [0.15, 0.2) is 0 Å². The third-order valence-corrected chi connectivity index (χ3v) is 3.42. The average Bonchev–Trinajstić information content (AvgIpc) is 2.29. The third kappa shape index (κ3) is 2.72. The normalized spacial score (nSPS) is 29.4. The number of nitrogens with zero attached hydrogens (tertiary/aromatic N) is 3. The summed E-state index contributed by atoms with van der Waals surface area (Å²) in [5, 5.41) is 8.19. The molecule has 0 aromatic heterocycles. The molecule has 0 bridgehead atoms. The monoisotopic (exact) mass is 226 g/mol. The maximum absolute atomic E-state index is 8.19. The number of hydrogen-bond acceptors (Lipinski definition) is 4. The number of amidine groups is 1. The van der Waals surface area contributed by atoms with E-state index >= 15 is 0 Å². The summed E-state index contributed by atoms with van der Waals surface area (Å²) in [6, 6.07) is 0. The Morgan fingerprint density at radius 2 is 1.75 bits per heavy atom. The Bertz CT molecular complexity index is 250. The first-order valence-electron chi connectivity index (χ1n) is 5.99. The quantitative estimate of drug-likeness (QED) is 0.485. The van der Waals surface area contributed by atoms with Gasteiger partial charge in [-0.05, 0) is 14.1 Å². The summed E-state index contributed by atoms with van der Waals surface area (Å²) >= 11 is 0. The van der Waals surface area contributed by atoms with Crippen molar-refractivity contribution in [2.24, 2.45) is 0 Å². The van der Waals surface area contributed by atoms with Gasteiger partial charge in [0.2, 0.25) is 0 Å². The van der Waals surface area contributed by atoms with E-state index in [0.717, 1.165) is 45.9 Å². The van der Waals surface area contributed by atoms with Crippen LogP contribution in [0, 0.1) is 5.41 Å². The van der Waals surface area contributed by atoms with Gasteiger partial charge in [-0.25, -0.2) is 0 Å². The van der Waals surface area contributed by atoms with Crippen molar-refractivity contribution in [3.05, 3.63) is 0 Å². The van der Waals surface area contributed by atoms with Crippen molar-refractivity contribution in [3.8, 4) is 0 Å². The second kappa shape index (κ2) is 5.12. The van der Waals surface area contributed by atoms with Crippen molar-refractivity contribution < 1.29 is 4.74 Å². The van der Waals surface area contributed by atoms with Crippen LogP contribution in [0.15, 0.2) is 0 Å². The lowest BCUT2D eigenvalue weighted by atomic mass is 10.2. The van der Waals surface area contributed by atoms with E-state index in [9.17, 15) is 0 Å². The highest BCUT2D eigenvalue weighted by molar-refractivity contribution is 5.84. The van der Waals surface area contributed by atoms with Crippen LogP contribution in [-0.4, -0.2) is 86.6 Å². The highest BCUT2D eigenvalue weighted by Gasteiger charge is 2.27. The molecule has 0 aromatic carbocycles. The SMILES string of the molecule is CN1CCN(C(=N)C2CN(C)CCO2)CC1. The molecule has 1 N–H and O–H groups in total. The Kier molecular flexibility index (Phi) is 3.78. The molecule has 16 heavy (non-hydrogen) atoms. The second-order valence-electron chi connectivity index (χ2n) is 4.80. The summed E-state index contributed by atoms with van der Waals surface area (Å²) in [7, 11) is 4.22. The molecular weight excluding hydrogens is 204 g/mol. The number of nitrogens with one attached hydrogen (secondary N) is 1. The van der Waals surface area contributed by atoms with Crippen LogP contribution in [0.2, 0.25) is 0 Å². The van der Waals surface area contributed by atoms with Gasteiger partial charge in [-0.15, -0.1) is 0 Å². The minimum absolute atomic E-state index is 0.0258. The molecule has 0 amide bonds. The van der Waals surface area contributed by atoms with E-state index in [1.54, 1.807) is 0 Å². The smallest absolute Gasteiger partial charge is 0.127 e. The Morgan fingerprint density at radius 3 is 2.38 bits per heavy atom. The topological polar surface area (TPSA) is 42.8 Å². The van der Waals surface area contributed by atoms with E-state index in [-0.39, 0.29) is 6.10 Å². The first-order valence-corrected chi connectivity index (χ1v) is 5.99. The summed E-state index contributed by atoms with van der Waals surface area (Å²) in [5.74, 6) is 0.666. The molecule has 2 aliphatic heterocycles. The number of rotatable bonds is 1. The zero-order valence-electron chi connectivity index (χ0n) is 10.3. The molecule has 1 atom stereocenters. The molecule has 2 fully saturated rings. The molecule has 1 unspecified atom stereocenters. The van der Waals surface area contributed by atoms with Crippen LogP contribution in [0.4, 0.5) is 0 Å². The summed E-state index contributed by atoms with van der Waals surface area (Å²) in [5.41, 5.74) is 0. The number of ether oxygens (including phenoxy) is 1. The minimum Gasteiger partial charge on any atom is -0.368 e. The number of morpholine rings is 1. The predicted octanol–water partition coefficient (Wildman–Crippen LogP) is -0.458. The molecule has 2 saturated heterocycles. The molecule has 0 aliphatic carbocycles. The lowest BCUT2D eigenvalue weighted by Gasteiger charge is -2.38. The highest BCUT2D eigenvalue weighted by Crippen LogP contribution is 2.09. The molecule has 0 spiro atoms. The van der Waals surface area contributed by atoms with Crippen LogP contribution >= 0.6 is 0 Å². The molecule has 5 heteroatoms. The highest BCUT2D eigenvalue weighted by atomic mass is 16.5. The first kappa shape index (κ1) is 11.8. The van der Waals surface area contributed by atoms with E-state index in [4.69, 9.17) is 10.1 Å². The standard InChI is InChI=1S/C11H22N4O/c1-13-3-5-15(6-4-13)11(12)10-9-14(2)7-8-16-10/h10,12H,3-9H2,1-2H3. The number of piperazine rings is 1. The van der Waals surface area contributed by atoms with Crippen molar-refractivity contribution in [1.82, 2.24) is 14.7 Å². The van der Waals surface area contributed by atoms with Gasteiger partial charge in [0.25, 0.3) is 0 Å². The Hall–Kier alpha value is -0.650. The molecular formula is C11H22N4O. The lowest BCUT2D eigenvalue weighted by Crippen LogP contribution is -2.54. The molecule has 0 aromatic rings. The van der Waals surface area contributed by atoms with E-state index in [2.05, 4.69) is 28.8 Å². The summed E-state index contributed by atoms with van der Waals surface area (Å²) in [6.45, 7) is 6.59. The van der Waals surface area contributed by atoms with Crippen molar-refractivity contribution >= 4 is 5.84 Å². The number of hydrogen-bond donors (Lipinski definition) is 1. The van der Waals surface area contributed by atoms with Crippen LogP contribution in [-0.2, 0) is 4.74 Å². The summed E-state index contributed by atoms with van der Waals surface area (Å²) in [6.07, 6.45) is -0.0258. The third-order valence-electron chi connectivity index (χ3n) is 3.42. The summed E-state index contributed by atoms with van der Waals surface area (Å²) in [4.78, 5) is 6.69. The molecule has 92 valence electrons. The van der Waals surface area contributed by atoms with Gasteiger partial charge in [0, 0.05) is 39.3 Å². The van der Waals surface area contributed by atoms with Crippen LogP contribution in [0.1, 0.15) is 0 Å². The molecule has 0 radical (unpaired) electrons. The van der Waals surface area contributed by atoms with Gasteiger partial charge >= 0.3 is 0 Å².